The molecule has 0 saturated heterocycles. The second-order valence-corrected chi connectivity index (χ2v) is 30.4. The third-order valence-corrected chi connectivity index (χ3v) is 22.7. The minimum atomic E-state index is -0.671. The normalized spacial score (nSPS) is 14.8. The summed E-state index contributed by atoms with van der Waals surface area (Å²) >= 11 is 0. The Morgan fingerprint density at radius 3 is 0.818 bits per heavy atom. The molecule has 0 radical (unpaired) electrons. The van der Waals surface area contributed by atoms with Crippen molar-refractivity contribution in [3.8, 4) is 22.3 Å². The summed E-state index contributed by atoms with van der Waals surface area (Å²) < 4.78 is 0. The maximum absolute atomic E-state index is 2.66. The van der Waals surface area contributed by atoms with Gasteiger partial charge in [-0.1, -0.05) is 288 Å². The van der Waals surface area contributed by atoms with Crippen molar-refractivity contribution in [2.75, 3.05) is 9.80 Å². The molecule has 2 aliphatic carbocycles. The van der Waals surface area contributed by atoms with Crippen LogP contribution in [0, 0.1) is 55.4 Å². The zero-order chi connectivity index (χ0) is 68.2. The van der Waals surface area contributed by atoms with Gasteiger partial charge >= 0.3 is 0 Å². The van der Waals surface area contributed by atoms with Gasteiger partial charge in [0.05, 0.1) is 33.6 Å². The Kier molecular flexibility index (Phi) is 17.1. The van der Waals surface area contributed by atoms with Gasteiger partial charge in [-0.15, -0.1) is 0 Å². The number of rotatable bonds is 12. The van der Waals surface area contributed by atoms with E-state index in [1.807, 2.05) is 0 Å². The number of aryl methyl sites for hydroxylation is 10. The van der Waals surface area contributed by atoms with E-state index in [1.54, 1.807) is 0 Å². The molecule has 0 bridgehead atoms. The van der Waals surface area contributed by atoms with Gasteiger partial charge in [-0.3, -0.25) is 0 Å². The van der Waals surface area contributed by atoms with Gasteiger partial charge in [0.2, 0.25) is 0 Å². The summed E-state index contributed by atoms with van der Waals surface area (Å²) in [6.07, 6.45) is 6.88. The van der Waals surface area contributed by atoms with E-state index in [1.165, 1.54) is 204 Å². The largest absolute Gasteiger partial charge is 0.310 e. The summed E-state index contributed by atoms with van der Waals surface area (Å²) in [7, 11) is 0. The molecule has 16 rings (SSSR count). The van der Waals surface area contributed by atoms with Crippen LogP contribution in [-0.4, -0.2) is 0 Å². The van der Waals surface area contributed by atoms with Gasteiger partial charge in [0.25, 0.3) is 0 Å². The fraction of sp³-hybridized carbons (Fsp3) is 0.258. The van der Waals surface area contributed by atoms with Crippen LogP contribution in [0.5, 0.6) is 0 Å². The van der Waals surface area contributed by atoms with Crippen LogP contribution in [0.3, 0.4) is 0 Å². The lowest BCUT2D eigenvalue weighted by molar-refractivity contribution is 0.656. The third-order valence-electron chi connectivity index (χ3n) is 22.7. The SMILES string of the molecule is C.CCCCc1ccc(N2c3ccc(C)cc3C(c3ccc(C)cc3)(c3ccc(C)cc3)c3cc4c(cc32)C(C)(C)c2cc3c(cc2-4)C(c2ccc(C)cc2)(c2ccc(C)cc2)c2cc(C)ccc2N3c2ccc(CCCC)cc2)cc1.Cc1ccc2c(c1)C(C)(C)c1cc(C)ccc1-2. The van der Waals surface area contributed by atoms with Crippen molar-refractivity contribution in [3.63, 3.8) is 0 Å². The number of unbranched alkanes of at least 4 members (excludes halogenated alkanes) is 2. The second kappa shape index (κ2) is 25.5. The zero-order valence-corrected chi connectivity index (χ0v) is 60.2. The molecule has 2 heterocycles. The highest BCUT2D eigenvalue weighted by molar-refractivity contribution is 5.98. The van der Waals surface area contributed by atoms with Gasteiger partial charge in [-0.05, 0) is 242 Å². The topological polar surface area (TPSA) is 6.48 Å². The average Bonchev–Trinajstić information content (AvgIpc) is 1.65. The molecule has 0 spiro atoms. The fourth-order valence-corrected chi connectivity index (χ4v) is 17.3. The molecule has 496 valence electrons. The van der Waals surface area contributed by atoms with Crippen LogP contribution in [0.2, 0.25) is 0 Å². The van der Waals surface area contributed by atoms with Gasteiger partial charge in [0.1, 0.15) is 0 Å². The molecule has 2 aliphatic heterocycles. The lowest BCUT2D eigenvalue weighted by Crippen LogP contribution is -2.38. The number of fused-ring (bicyclic) bond motifs is 10. The third kappa shape index (κ3) is 10.8. The Bertz CT molecular complexity index is 4630. The molecule has 4 aliphatic rings. The van der Waals surface area contributed by atoms with Crippen molar-refractivity contribution < 1.29 is 0 Å². The highest BCUT2D eigenvalue weighted by Crippen LogP contribution is 2.65. The molecule has 0 saturated carbocycles. The summed E-state index contributed by atoms with van der Waals surface area (Å²) in [5.41, 5.74) is 39.9. The Balaban J connectivity index is 0.000000403. The Morgan fingerprint density at radius 1 is 0.253 bits per heavy atom. The van der Waals surface area contributed by atoms with Gasteiger partial charge in [-0.2, -0.15) is 0 Å². The maximum atomic E-state index is 2.66. The quantitative estimate of drug-likeness (QED) is 0.120. The van der Waals surface area contributed by atoms with Crippen molar-refractivity contribution in [2.24, 2.45) is 0 Å². The molecule has 0 unspecified atom stereocenters. The minimum absolute atomic E-state index is 0. The second-order valence-electron chi connectivity index (χ2n) is 30.4. The van der Waals surface area contributed by atoms with E-state index in [4.69, 9.17) is 0 Å². The molecular formula is C97H98N2. The number of benzene rings is 12. The highest BCUT2D eigenvalue weighted by Gasteiger charge is 2.52. The summed E-state index contributed by atoms with van der Waals surface area (Å²) in [6, 6.07) is 95.4. The molecule has 99 heavy (non-hydrogen) atoms. The van der Waals surface area contributed by atoms with E-state index < -0.39 is 10.8 Å². The predicted octanol–water partition coefficient (Wildman–Crippen LogP) is 26.1. The van der Waals surface area contributed by atoms with E-state index >= 15 is 0 Å². The first kappa shape index (κ1) is 66.5. The number of anilines is 6. The van der Waals surface area contributed by atoms with Gasteiger partial charge in [-0.25, -0.2) is 0 Å². The van der Waals surface area contributed by atoms with Crippen LogP contribution in [0.15, 0.2) is 243 Å². The first-order valence-corrected chi connectivity index (χ1v) is 36.2. The lowest BCUT2D eigenvalue weighted by atomic mass is 9.61. The van der Waals surface area contributed by atoms with Crippen LogP contribution < -0.4 is 9.80 Å². The first-order valence-electron chi connectivity index (χ1n) is 36.2. The molecule has 0 amide bonds. The van der Waals surface area contributed by atoms with E-state index in [2.05, 4.69) is 349 Å². The smallest absolute Gasteiger partial charge is 0.0742 e. The van der Waals surface area contributed by atoms with Gasteiger partial charge in [0.15, 0.2) is 0 Å². The number of hydrogen-bond acceptors (Lipinski definition) is 2. The van der Waals surface area contributed by atoms with Crippen LogP contribution >= 0.6 is 0 Å². The molecule has 0 aromatic heterocycles. The molecule has 12 aromatic carbocycles. The van der Waals surface area contributed by atoms with Crippen LogP contribution in [0.1, 0.15) is 197 Å². The summed E-state index contributed by atoms with van der Waals surface area (Å²) in [6.45, 7) is 31.9. The van der Waals surface area contributed by atoms with Crippen LogP contribution in [-0.2, 0) is 34.5 Å². The Labute approximate surface area is 592 Å². The summed E-state index contributed by atoms with van der Waals surface area (Å²) in [5, 5.41) is 0. The minimum Gasteiger partial charge on any atom is -0.310 e. The average molecular weight is 1290 g/mol. The first-order chi connectivity index (χ1) is 47.2. The van der Waals surface area contributed by atoms with Crippen molar-refractivity contribution in [1.82, 2.24) is 0 Å². The number of hydrogen-bond donors (Lipinski definition) is 0. The lowest BCUT2D eigenvalue weighted by Gasteiger charge is -2.47. The van der Waals surface area contributed by atoms with E-state index in [-0.39, 0.29) is 18.3 Å². The summed E-state index contributed by atoms with van der Waals surface area (Å²) in [5.74, 6) is 0. The van der Waals surface area contributed by atoms with Crippen molar-refractivity contribution in [2.45, 2.75) is 165 Å². The van der Waals surface area contributed by atoms with Crippen molar-refractivity contribution >= 4 is 34.1 Å². The maximum Gasteiger partial charge on any atom is 0.0742 e. The molecule has 2 nitrogen and oxygen atoms in total. The molecule has 12 aromatic rings. The van der Waals surface area contributed by atoms with E-state index in [0.29, 0.717) is 0 Å². The highest BCUT2D eigenvalue weighted by atomic mass is 15.2. The summed E-state index contributed by atoms with van der Waals surface area (Å²) in [4.78, 5) is 5.20. The predicted molar refractivity (Wildman–Crippen MR) is 423 cm³/mol. The standard InChI is InChI=1S/C79H76N2.C17H18.CH4/c1-11-13-15-57-27-39-63(40-28-57)80-73-43-25-55(7)45-69(73)78(59-31-17-51(3)18-32-59,60-33-19-52(4)20-34-60)71-47-65-66-48-72-76(50-68(66)77(9,10)67(65)49-75(71)80)81(64-41-29-58(30-42-64)16-14-12-2)74-44-26-56(8)46-70(74)79(72,61-35-21-53(5)22-36-61)62-37-23-54(6)24-38-62;1-11-5-7-13-14-8-6-12(2)10-16(14)17(3,4)15(13)9-11;/h17-50H,11-16H2,1-10H3;5-10H,1-4H3;1H4. The molecule has 0 fully saturated rings. The zero-order valence-electron chi connectivity index (χ0n) is 60.2. The fourth-order valence-electron chi connectivity index (χ4n) is 17.3. The van der Waals surface area contributed by atoms with Crippen molar-refractivity contribution in [3.05, 3.63) is 365 Å². The Morgan fingerprint density at radius 2 is 0.515 bits per heavy atom. The van der Waals surface area contributed by atoms with Gasteiger partial charge in [0, 0.05) is 22.2 Å². The molecular weight excluding hydrogens is 1190 g/mol. The van der Waals surface area contributed by atoms with E-state index in [9.17, 15) is 0 Å². The monoisotopic (exact) mass is 1290 g/mol. The van der Waals surface area contributed by atoms with Crippen molar-refractivity contribution in [1.29, 1.82) is 0 Å². The Hall–Kier alpha value is -9.76. The molecule has 0 atom stereocenters. The van der Waals surface area contributed by atoms with Crippen LogP contribution in [0.25, 0.3) is 22.3 Å². The molecule has 2 heteroatoms. The van der Waals surface area contributed by atoms with Gasteiger partial charge < -0.3 is 9.80 Å². The number of nitrogens with zero attached hydrogens (tertiary/aromatic N) is 2. The molecule has 0 N–H and O–H groups in total. The van der Waals surface area contributed by atoms with Crippen LogP contribution in [0.4, 0.5) is 34.1 Å². The van der Waals surface area contributed by atoms with E-state index in [0.717, 1.165) is 12.8 Å².